The van der Waals surface area contributed by atoms with Crippen LogP contribution >= 0.6 is 0 Å². The van der Waals surface area contributed by atoms with E-state index >= 15 is 0 Å². The number of ether oxygens (including phenoxy) is 1. The van der Waals surface area contributed by atoms with Crippen molar-refractivity contribution in [2.75, 3.05) is 0 Å². The average molecular weight is 323 g/mol. The van der Waals surface area contributed by atoms with Crippen LogP contribution in [-0.2, 0) is 19.1 Å². The highest BCUT2D eigenvalue weighted by molar-refractivity contribution is 5.79. The summed E-state index contributed by atoms with van der Waals surface area (Å²) in [6, 6.07) is -0.935. The molecular weight excluding hydrogens is 302 g/mol. The Kier molecular flexibility index (Phi) is 9.52. The van der Waals surface area contributed by atoms with Gasteiger partial charge in [-0.1, -0.05) is 0 Å². The Labute approximate surface area is 126 Å². The number of carboxylic acids is 3. The number of carbonyl (C=O) groups is 4. The lowest BCUT2D eigenvalue weighted by Gasteiger charge is -2.20. The number of aliphatic hydroxyl groups is 1. The number of hydrogen-bond donors (Lipinski definition) is 5. The van der Waals surface area contributed by atoms with E-state index in [0.717, 1.165) is 0 Å². The van der Waals surface area contributed by atoms with Crippen LogP contribution in [-0.4, -0.2) is 62.2 Å². The molecule has 0 bridgehead atoms. The molecule has 128 valence electrons. The van der Waals surface area contributed by atoms with Crippen LogP contribution in [0.2, 0.25) is 0 Å². The standard InChI is InChI=1S/C8H15NO4.C4H6O5/c1-5(6(10)11)9-7(12)13-8(2,3)4;5-2(4(8)9)1-3(6)7/h5H,1-4H3,(H,9,12)(H,10,11);2,5H,1H2,(H,6,7)(H,8,9)/t5-;/m1./s1. The largest absolute Gasteiger partial charge is 0.481 e. The lowest BCUT2D eigenvalue weighted by Crippen LogP contribution is -2.41. The van der Waals surface area contributed by atoms with Gasteiger partial charge in [0.2, 0.25) is 0 Å². The minimum atomic E-state index is -1.79. The van der Waals surface area contributed by atoms with Crippen LogP contribution in [0.3, 0.4) is 0 Å². The molecule has 0 saturated heterocycles. The van der Waals surface area contributed by atoms with Gasteiger partial charge in [-0.2, -0.15) is 0 Å². The molecule has 0 aromatic carbocycles. The second-order valence-corrected chi connectivity index (χ2v) is 5.16. The van der Waals surface area contributed by atoms with Gasteiger partial charge < -0.3 is 30.5 Å². The van der Waals surface area contributed by atoms with Crippen molar-refractivity contribution >= 4 is 24.0 Å². The van der Waals surface area contributed by atoms with E-state index in [1.807, 2.05) is 0 Å². The smallest absolute Gasteiger partial charge is 0.408 e. The van der Waals surface area contributed by atoms with Gasteiger partial charge in [0.1, 0.15) is 11.6 Å². The van der Waals surface area contributed by atoms with Gasteiger partial charge >= 0.3 is 24.0 Å². The lowest BCUT2D eigenvalue weighted by atomic mass is 10.2. The second kappa shape index (κ2) is 9.55. The highest BCUT2D eigenvalue weighted by Crippen LogP contribution is 2.06. The van der Waals surface area contributed by atoms with Crippen molar-refractivity contribution in [1.29, 1.82) is 0 Å². The van der Waals surface area contributed by atoms with Crippen LogP contribution in [0.5, 0.6) is 0 Å². The third-order valence-corrected chi connectivity index (χ3v) is 1.76. The molecule has 1 unspecified atom stereocenters. The minimum absolute atomic E-state index is 0.609. The van der Waals surface area contributed by atoms with E-state index < -0.39 is 48.2 Å². The van der Waals surface area contributed by atoms with Crippen LogP contribution in [0, 0.1) is 0 Å². The molecule has 0 rings (SSSR count). The topological polar surface area (TPSA) is 170 Å². The number of hydrogen-bond acceptors (Lipinski definition) is 6. The fraction of sp³-hybridized carbons (Fsp3) is 0.667. The summed E-state index contributed by atoms with van der Waals surface area (Å²) in [6.07, 6.45) is -3.26. The molecule has 0 aromatic rings. The van der Waals surface area contributed by atoms with Crippen molar-refractivity contribution in [2.24, 2.45) is 0 Å². The summed E-state index contributed by atoms with van der Waals surface area (Å²) < 4.78 is 4.85. The van der Waals surface area contributed by atoms with Gasteiger partial charge in [-0.15, -0.1) is 0 Å². The molecule has 0 aliphatic rings. The summed E-state index contributed by atoms with van der Waals surface area (Å²) in [6.45, 7) is 6.49. The third-order valence-electron chi connectivity index (χ3n) is 1.76. The normalized spacial score (nSPS) is 13.0. The summed E-state index contributed by atoms with van der Waals surface area (Å²) >= 11 is 0. The molecular formula is C12H21NO9. The van der Waals surface area contributed by atoms with Gasteiger partial charge in [-0.3, -0.25) is 9.59 Å². The van der Waals surface area contributed by atoms with Crippen molar-refractivity contribution in [3.05, 3.63) is 0 Å². The number of carboxylic acid groups (broad SMARTS) is 3. The number of aliphatic carboxylic acids is 3. The van der Waals surface area contributed by atoms with Crippen LogP contribution < -0.4 is 5.32 Å². The molecule has 0 aromatic heterocycles. The Morgan fingerprint density at radius 3 is 1.73 bits per heavy atom. The Hall–Kier alpha value is -2.36. The number of nitrogens with one attached hydrogen (secondary N) is 1. The van der Waals surface area contributed by atoms with Crippen molar-refractivity contribution < 1.29 is 44.3 Å². The molecule has 0 aliphatic carbocycles. The molecule has 5 N–H and O–H groups in total. The number of rotatable bonds is 5. The van der Waals surface area contributed by atoms with Crippen molar-refractivity contribution in [1.82, 2.24) is 5.32 Å². The van der Waals surface area contributed by atoms with Crippen molar-refractivity contribution in [2.45, 2.75) is 51.9 Å². The predicted molar refractivity (Wildman–Crippen MR) is 72.4 cm³/mol. The summed E-state index contributed by atoms with van der Waals surface area (Å²) in [5, 5.41) is 34.8. The average Bonchev–Trinajstić information content (AvgIpc) is 2.25. The monoisotopic (exact) mass is 323 g/mol. The summed E-state index contributed by atoms with van der Waals surface area (Å²) in [4.78, 5) is 40.7. The first-order valence-electron chi connectivity index (χ1n) is 6.11. The zero-order valence-electron chi connectivity index (χ0n) is 12.7. The van der Waals surface area contributed by atoms with Gasteiger partial charge in [-0.25, -0.2) is 9.59 Å². The van der Waals surface area contributed by atoms with E-state index in [9.17, 15) is 19.2 Å². The number of alkyl carbamates (subject to hydrolysis) is 1. The Balaban J connectivity index is 0. The van der Waals surface area contributed by atoms with E-state index in [2.05, 4.69) is 5.32 Å². The van der Waals surface area contributed by atoms with Crippen molar-refractivity contribution in [3.63, 3.8) is 0 Å². The first kappa shape index (κ1) is 21.9. The lowest BCUT2D eigenvalue weighted by molar-refractivity contribution is -0.152. The molecule has 0 aliphatic heterocycles. The fourth-order valence-corrected chi connectivity index (χ4v) is 0.799. The number of aliphatic hydroxyl groups excluding tert-OH is 1. The maximum atomic E-state index is 11.0. The fourth-order valence-electron chi connectivity index (χ4n) is 0.799. The van der Waals surface area contributed by atoms with Gasteiger partial charge in [0.15, 0.2) is 6.10 Å². The third kappa shape index (κ3) is 14.1. The van der Waals surface area contributed by atoms with E-state index in [1.165, 1.54) is 6.92 Å². The van der Waals surface area contributed by atoms with E-state index in [4.69, 9.17) is 25.2 Å². The summed E-state index contributed by atoms with van der Waals surface area (Å²) in [5.74, 6) is -3.94. The van der Waals surface area contributed by atoms with Crippen LogP contribution in [0.1, 0.15) is 34.1 Å². The highest BCUT2D eigenvalue weighted by atomic mass is 16.6. The molecule has 0 saturated carbocycles. The van der Waals surface area contributed by atoms with Gasteiger partial charge in [-0.05, 0) is 27.7 Å². The maximum absolute atomic E-state index is 11.0. The van der Waals surface area contributed by atoms with Crippen LogP contribution in [0.15, 0.2) is 0 Å². The van der Waals surface area contributed by atoms with E-state index in [0.29, 0.717) is 0 Å². The van der Waals surface area contributed by atoms with Crippen LogP contribution in [0.25, 0.3) is 0 Å². The molecule has 0 heterocycles. The van der Waals surface area contributed by atoms with Crippen LogP contribution in [0.4, 0.5) is 4.79 Å². The molecule has 0 spiro atoms. The summed E-state index contributed by atoms with van der Waals surface area (Å²) in [7, 11) is 0. The molecule has 10 nitrogen and oxygen atoms in total. The first-order chi connectivity index (χ1) is 9.76. The number of carbonyl (C=O) groups excluding carboxylic acids is 1. The Morgan fingerprint density at radius 1 is 1.05 bits per heavy atom. The number of amides is 1. The Morgan fingerprint density at radius 2 is 1.50 bits per heavy atom. The zero-order chi connectivity index (χ0) is 18.1. The quantitative estimate of drug-likeness (QED) is 0.463. The molecule has 0 radical (unpaired) electrons. The van der Waals surface area contributed by atoms with Crippen molar-refractivity contribution in [3.8, 4) is 0 Å². The van der Waals surface area contributed by atoms with Gasteiger partial charge in [0.25, 0.3) is 0 Å². The van der Waals surface area contributed by atoms with Gasteiger partial charge in [0, 0.05) is 0 Å². The molecule has 0 fully saturated rings. The second-order valence-electron chi connectivity index (χ2n) is 5.16. The van der Waals surface area contributed by atoms with E-state index in [-0.39, 0.29) is 0 Å². The zero-order valence-corrected chi connectivity index (χ0v) is 12.7. The molecule has 10 heteroatoms. The minimum Gasteiger partial charge on any atom is -0.481 e. The molecule has 1 amide bonds. The van der Waals surface area contributed by atoms with Gasteiger partial charge in [0.05, 0.1) is 6.42 Å². The predicted octanol–water partition coefficient (Wildman–Crippen LogP) is -0.109. The Bertz CT molecular complexity index is 413. The first-order valence-corrected chi connectivity index (χ1v) is 6.11. The highest BCUT2D eigenvalue weighted by Gasteiger charge is 2.20. The summed E-state index contributed by atoms with van der Waals surface area (Å²) in [5.41, 5.74) is -0.609. The maximum Gasteiger partial charge on any atom is 0.408 e. The van der Waals surface area contributed by atoms with E-state index in [1.54, 1.807) is 20.8 Å². The molecule has 2 atom stereocenters. The molecule has 22 heavy (non-hydrogen) atoms. The SMILES string of the molecule is C[C@@H](NC(=O)OC(C)(C)C)C(=O)O.O=C(O)CC(O)C(=O)O.